The highest BCUT2D eigenvalue weighted by atomic mass is 16.1. The molecule has 3 N–H and O–H groups in total. The molecule has 3 heteroatoms. The Morgan fingerprint density at radius 3 is 2.29 bits per heavy atom. The summed E-state index contributed by atoms with van der Waals surface area (Å²) in [5, 5.41) is 4.73. The van der Waals surface area contributed by atoms with Crippen LogP contribution in [0.25, 0.3) is 10.8 Å². The maximum absolute atomic E-state index is 12.4. The highest BCUT2D eigenvalue weighted by Gasteiger charge is 2.10. The van der Waals surface area contributed by atoms with Gasteiger partial charge in [-0.05, 0) is 23.1 Å². The molecule has 0 aliphatic carbocycles. The quantitative estimate of drug-likeness (QED) is 0.721. The van der Waals surface area contributed by atoms with Crippen LogP contribution in [0.5, 0.6) is 0 Å². The van der Waals surface area contributed by atoms with E-state index in [1.54, 1.807) is 12.1 Å². The van der Waals surface area contributed by atoms with Gasteiger partial charge in [-0.3, -0.25) is 4.79 Å². The summed E-state index contributed by atoms with van der Waals surface area (Å²) in [7, 11) is 0. The van der Waals surface area contributed by atoms with Crippen LogP contribution < -0.4 is 11.1 Å². The molecule has 0 fully saturated rings. The molecule has 3 aromatic carbocycles. The molecule has 0 bridgehead atoms. The van der Waals surface area contributed by atoms with E-state index in [1.165, 1.54) is 0 Å². The standard InChI is InChI=1S/C18H16N2O/c19-17-11-10-16(14-8-4-5-9-15(14)17)18(21)20-12-13-6-2-1-3-7-13/h1-11H,12,19H2,(H,20,21). The number of carbonyl (C=O) groups is 1. The van der Waals surface area contributed by atoms with E-state index in [9.17, 15) is 4.79 Å². The van der Waals surface area contributed by atoms with Crippen LogP contribution in [-0.2, 0) is 6.54 Å². The number of anilines is 1. The minimum Gasteiger partial charge on any atom is -0.398 e. The monoisotopic (exact) mass is 276 g/mol. The zero-order valence-corrected chi connectivity index (χ0v) is 11.5. The largest absolute Gasteiger partial charge is 0.398 e. The molecule has 3 aromatic rings. The van der Waals surface area contributed by atoms with Crippen molar-refractivity contribution < 1.29 is 4.79 Å². The summed E-state index contributed by atoms with van der Waals surface area (Å²) in [5.41, 5.74) is 8.37. The Morgan fingerprint density at radius 2 is 1.52 bits per heavy atom. The van der Waals surface area contributed by atoms with Gasteiger partial charge in [-0.2, -0.15) is 0 Å². The summed E-state index contributed by atoms with van der Waals surface area (Å²) in [6.07, 6.45) is 0. The number of nitrogens with two attached hydrogens (primary N) is 1. The number of amides is 1. The van der Waals surface area contributed by atoms with Crippen LogP contribution >= 0.6 is 0 Å². The molecular weight excluding hydrogens is 260 g/mol. The Balaban J connectivity index is 1.87. The maximum atomic E-state index is 12.4. The minimum atomic E-state index is -0.0879. The smallest absolute Gasteiger partial charge is 0.252 e. The molecule has 0 spiro atoms. The van der Waals surface area contributed by atoms with Crippen LogP contribution in [-0.4, -0.2) is 5.91 Å². The van der Waals surface area contributed by atoms with Gasteiger partial charge in [0, 0.05) is 23.2 Å². The molecule has 21 heavy (non-hydrogen) atoms. The van der Waals surface area contributed by atoms with Crippen molar-refractivity contribution in [2.24, 2.45) is 0 Å². The molecule has 104 valence electrons. The van der Waals surface area contributed by atoms with Crippen molar-refractivity contribution in [3.05, 3.63) is 77.9 Å². The molecule has 3 nitrogen and oxygen atoms in total. The van der Waals surface area contributed by atoms with Crippen molar-refractivity contribution in [1.82, 2.24) is 5.32 Å². The van der Waals surface area contributed by atoms with Crippen LogP contribution in [0.1, 0.15) is 15.9 Å². The van der Waals surface area contributed by atoms with E-state index in [0.717, 1.165) is 16.3 Å². The third kappa shape index (κ3) is 2.72. The SMILES string of the molecule is Nc1ccc(C(=O)NCc2ccccc2)c2ccccc12. The average Bonchev–Trinajstić information content (AvgIpc) is 2.54. The van der Waals surface area contributed by atoms with Gasteiger partial charge >= 0.3 is 0 Å². The van der Waals surface area contributed by atoms with E-state index in [1.807, 2.05) is 54.6 Å². The minimum absolute atomic E-state index is 0.0879. The number of rotatable bonds is 3. The molecule has 0 aliphatic rings. The summed E-state index contributed by atoms with van der Waals surface area (Å²) < 4.78 is 0. The summed E-state index contributed by atoms with van der Waals surface area (Å²) in [6, 6.07) is 21.1. The third-order valence-electron chi connectivity index (χ3n) is 3.50. The second-order valence-electron chi connectivity index (χ2n) is 4.92. The maximum Gasteiger partial charge on any atom is 0.252 e. The van der Waals surface area contributed by atoms with Crippen molar-refractivity contribution in [2.45, 2.75) is 6.54 Å². The van der Waals surface area contributed by atoms with Gasteiger partial charge in [0.2, 0.25) is 0 Å². The van der Waals surface area contributed by atoms with Crippen molar-refractivity contribution in [2.75, 3.05) is 5.73 Å². The summed E-state index contributed by atoms with van der Waals surface area (Å²) in [4.78, 5) is 12.4. The van der Waals surface area contributed by atoms with Gasteiger partial charge in [-0.1, -0.05) is 54.6 Å². The van der Waals surface area contributed by atoms with Crippen molar-refractivity contribution in [1.29, 1.82) is 0 Å². The molecule has 0 aromatic heterocycles. The number of nitrogens with one attached hydrogen (secondary N) is 1. The predicted octanol–water partition coefficient (Wildman–Crippen LogP) is 3.35. The van der Waals surface area contributed by atoms with Gasteiger partial charge in [0.05, 0.1) is 0 Å². The lowest BCUT2D eigenvalue weighted by Crippen LogP contribution is -2.23. The van der Waals surface area contributed by atoms with Crippen molar-refractivity contribution in [3.8, 4) is 0 Å². The molecule has 0 heterocycles. The van der Waals surface area contributed by atoms with E-state index >= 15 is 0 Å². The van der Waals surface area contributed by atoms with Gasteiger partial charge in [-0.25, -0.2) is 0 Å². The molecule has 0 unspecified atom stereocenters. The number of benzene rings is 3. The van der Waals surface area contributed by atoms with Crippen LogP contribution in [0.15, 0.2) is 66.7 Å². The Labute approximate surface area is 123 Å². The number of nitrogen functional groups attached to an aromatic ring is 1. The van der Waals surface area contributed by atoms with Gasteiger partial charge in [0.15, 0.2) is 0 Å². The number of fused-ring (bicyclic) bond motifs is 1. The van der Waals surface area contributed by atoms with Gasteiger partial charge in [0.25, 0.3) is 5.91 Å². The fourth-order valence-electron chi connectivity index (χ4n) is 2.39. The van der Waals surface area contributed by atoms with E-state index in [-0.39, 0.29) is 5.91 Å². The normalized spacial score (nSPS) is 10.5. The lowest BCUT2D eigenvalue weighted by Gasteiger charge is -2.09. The van der Waals surface area contributed by atoms with Crippen LogP contribution in [0.3, 0.4) is 0 Å². The summed E-state index contributed by atoms with van der Waals surface area (Å²) in [5.74, 6) is -0.0879. The van der Waals surface area contributed by atoms with Gasteiger partial charge in [0.1, 0.15) is 0 Å². The Morgan fingerprint density at radius 1 is 0.857 bits per heavy atom. The fraction of sp³-hybridized carbons (Fsp3) is 0.0556. The first-order valence-corrected chi connectivity index (χ1v) is 6.85. The zero-order chi connectivity index (χ0) is 14.7. The average molecular weight is 276 g/mol. The molecule has 0 saturated heterocycles. The van der Waals surface area contributed by atoms with E-state index in [4.69, 9.17) is 5.73 Å². The lowest BCUT2D eigenvalue weighted by molar-refractivity contribution is 0.0952. The van der Waals surface area contributed by atoms with Crippen molar-refractivity contribution >= 4 is 22.4 Å². The molecule has 0 atom stereocenters. The fourth-order valence-corrected chi connectivity index (χ4v) is 2.39. The van der Waals surface area contributed by atoms with E-state index in [0.29, 0.717) is 17.8 Å². The second kappa shape index (κ2) is 5.67. The number of carbonyl (C=O) groups excluding carboxylic acids is 1. The summed E-state index contributed by atoms with van der Waals surface area (Å²) in [6.45, 7) is 0.512. The van der Waals surface area contributed by atoms with E-state index < -0.39 is 0 Å². The first-order chi connectivity index (χ1) is 10.3. The molecular formula is C18H16N2O. The predicted molar refractivity (Wildman–Crippen MR) is 86.0 cm³/mol. The van der Waals surface area contributed by atoms with Crippen LogP contribution in [0.4, 0.5) is 5.69 Å². The van der Waals surface area contributed by atoms with E-state index in [2.05, 4.69) is 5.32 Å². The number of hydrogen-bond acceptors (Lipinski definition) is 2. The molecule has 0 aliphatic heterocycles. The van der Waals surface area contributed by atoms with Crippen molar-refractivity contribution in [3.63, 3.8) is 0 Å². The van der Waals surface area contributed by atoms with Gasteiger partial charge < -0.3 is 11.1 Å². The first kappa shape index (κ1) is 13.2. The zero-order valence-electron chi connectivity index (χ0n) is 11.5. The summed E-state index contributed by atoms with van der Waals surface area (Å²) >= 11 is 0. The lowest BCUT2D eigenvalue weighted by atomic mass is 10.0. The third-order valence-corrected chi connectivity index (χ3v) is 3.50. The topological polar surface area (TPSA) is 55.1 Å². The Kier molecular flexibility index (Phi) is 3.56. The molecule has 0 saturated carbocycles. The first-order valence-electron chi connectivity index (χ1n) is 6.85. The Hall–Kier alpha value is -2.81. The van der Waals surface area contributed by atoms with Gasteiger partial charge in [-0.15, -0.1) is 0 Å². The molecule has 3 rings (SSSR count). The second-order valence-corrected chi connectivity index (χ2v) is 4.92. The highest BCUT2D eigenvalue weighted by molar-refractivity contribution is 6.09. The molecule has 0 radical (unpaired) electrons. The highest BCUT2D eigenvalue weighted by Crippen LogP contribution is 2.24. The molecule has 1 amide bonds. The van der Waals surface area contributed by atoms with Crippen LogP contribution in [0.2, 0.25) is 0 Å². The Bertz CT molecular complexity index is 782. The number of hydrogen-bond donors (Lipinski definition) is 2. The van der Waals surface area contributed by atoms with Crippen LogP contribution in [0, 0.1) is 0 Å².